The van der Waals surface area contributed by atoms with Gasteiger partial charge in [0.05, 0.1) is 40.6 Å². The zero-order valence-electron chi connectivity index (χ0n) is 10.7. The molecule has 2 heterocycles. The van der Waals surface area contributed by atoms with Crippen LogP contribution in [0.5, 0.6) is 0 Å². The highest BCUT2D eigenvalue weighted by Crippen LogP contribution is 2.32. The highest BCUT2D eigenvalue weighted by molar-refractivity contribution is 5.96. The number of non-ortho nitro benzene ring substituents is 1. The maximum Gasteiger partial charge on any atom is 0.281 e. The number of nitrogens with zero attached hydrogens (tertiary/aromatic N) is 3. The van der Waals surface area contributed by atoms with Gasteiger partial charge in [-0.05, 0) is 12.1 Å². The second-order valence-corrected chi connectivity index (χ2v) is 4.34. The van der Waals surface area contributed by atoms with E-state index in [0.717, 1.165) is 11.8 Å². The molecule has 1 aromatic carbocycles. The monoisotopic (exact) mass is 287 g/mol. The molecule has 0 bridgehead atoms. The van der Waals surface area contributed by atoms with Crippen LogP contribution < -0.4 is 5.32 Å². The summed E-state index contributed by atoms with van der Waals surface area (Å²) >= 11 is 0. The lowest BCUT2D eigenvalue weighted by atomic mass is 10.1. The lowest BCUT2D eigenvalue weighted by molar-refractivity contribution is -0.383. The number of fused-ring (bicyclic) bond motifs is 1. The molecule has 7 nitrogen and oxygen atoms in total. The highest BCUT2D eigenvalue weighted by atomic mass is 19.1. The molecule has 0 unspecified atom stereocenters. The van der Waals surface area contributed by atoms with Crippen LogP contribution in [0.15, 0.2) is 36.9 Å². The summed E-state index contributed by atoms with van der Waals surface area (Å²) in [4.78, 5) is 21.2. The van der Waals surface area contributed by atoms with E-state index in [2.05, 4.69) is 20.3 Å². The molecule has 0 aliphatic rings. The summed E-state index contributed by atoms with van der Waals surface area (Å²) in [6.45, 7) is 0.306. The van der Waals surface area contributed by atoms with Gasteiger partial charge >= 0.3 is 0 Å². The number of rotatable bonds is 4. The van der Waals surface area contributed by atoms with Crippen LogP contribution in [0.4, 0.5) is 15.8 Å². The Morgan fingerprint density at radius 3 is 3.05 bits per heavy atom. The summed E-state index contributed by atoms with van der Waals surface area (Å²) in [6, 6.07) is 4.02. The fourth-order valence-corrected chi connectivity index (χ4v) is 2.08. The van der Waals surface area contributed by atoms with E-state index in [1.54, 1.807) is 18.3 Å². The SMILES string of the molecule is O=[N+]([O-])c1cc(F)c(NCc2cnc[nH]2)c2ncccc12. The molecule has 3 rings (SSSR count). The van der Waals surface area contributed by atoms with E-state index >= 15 is 0 Å². The number of halogens is 1. The van der Waals surface area contributed by atoms with E-state index in [-0.39, 0.29) is 22.3 Å². The number of nitro benzene ring substituents is 1. The first-order valence-electron chi connectivity index (χ1n) is 6.09. The van der Waals surface area contributed by atoms with Crippen LogP contribution in [-0.4, -0.2) is 19.9 Å². The molecule has 0 saturated heterocycles. The molecule has 0 atom stereocenters. The highest BCUT2D eigenvalue weighted by Gasteiger charge is 2.19. The molecule has 0 amide bonds. The van der Waals surface area contributed by atoms with E-state index < -0.39 is 10.7 Å². The fraction of sp³-hybridized carbons (Fsp3) is 0.0769. The molecule has 0 radical (unpaired) electrons. The van der Waals surface area contributed by atoms with Crippen molar-refractivity contribution in [3.63, 3.8) is 0 Å². The Kier molecular flexibility index (Phi) is 3.19. The van der Waals surface area contributed by atoms with Crippen molar-refractivity contribution in [2.24, 2.45) is 0 Å². The Morgan fingerprint density at radius 1 is 1.48 bits per heavy atom. The zero-order chi connectivity index (χ0) is 14.8. The van der Waals surface area contributed by atoms with E-state index in [0.29, 0.717) is 6.54 Å². The summed E-state index contributed by atoms with van der Waals surface area (Å²) in [7, 11) is 0. The van der Waals surface area contributed by atoms with Crippen LogP contribution in [0.2, 0.25) is 0 Å². The lowest BCUT2D eigenvalue weighted by Crippen LogP contribution is -2.04. The van der Waals surface area contributed by atoms with Gasteiger partial charge in [0, 0.05) is 12.4 Å². The number of H-pyrrole nitrogens is 1. The summed E-state index contributed by atoms with van der Waals surface area (Å²) in [5, 5.41) is 14.2. The van der Waals surface area contributed by atoms with Crippen molar-refractivity contribution in [3.8, 4) is 0 Å². The Hall–Kier alpha value is -3.03. The molecule has 0 fully saturated rings. The number of hydrogen-bond donors (Lipinski definition) is 2. The number of aromatic nitrogens is 3. The van der Waals surface area contributed by atoms with Gasteiger partial charge in [-0.2, -0.15) is 0 Å². The topological polar surface area (TPSA) is 96.7 Å². The zero-order valence-corrected chi connectivity index (χ0v) is 10.7. The van der Waals surface area contributed by atoms with Crippen LogP contribution in [0.25, 0.3) is 10.9 Å². The first-order valence-corrected chi connectivity index (χ1v) is 6.09. The normalized spacial score (nSPS) is 10.7. The molecule has 2 aromatic heterocycles. The van der Waals surface area contributed by atoms with Crippen molar-refractivity contribution in [2.45, 2.75) is 6.54 Å². The van der Waals surface area contributed by atoms with E-state index in [1.807, 2.05) is 0 Å². The minimum atomic E-state index is -0.715. The fourth-order valence-electron chi connectivity index (χ4n) is 2.08. The average Bonchev–Trinajstić information content (AvgIpc) is 2.98. The summed E-state index contributed by atoms with van der Waals surface area (Å²) < 4.78 is 14.1. The van der Waals surface area contributed by atoms with Crippen LogP contribution in [0.3, 0.4) is 0 Å². The van der Waals surface area contributed by atoms with Gasteiger partial charge in [0.15, 0.2) is 5.82 Å². The standard InChI is InChI=1S/C13H10FN5O2/c14-10-4-11(19(20)21)9-2-1-3-16-12(9)13(10)17-6-8-5-15-7-18-8/h1-5,7,17H,6H2,(H,15,18). The number of imidazole rings is 1. The molecule has 8 heteroatoms. The van der Waals surface area contributed by atoms with Crippen LogP contribution in [0, 0.1) is 15.9 Å². The Balaban J connectivity index is 2.08. The number of pyridine rings is 1. The van der Waals surface area contributed by atoms with Crippen molar-refractivity contribution in [3.05, 3.63) is 58.5 Å². The number of anilines is 1. The van der Waals surface area contributed by atoms with Crippen molar-refractivity contribution in [2.75, 3.05) is 5.32 Å². The van der Waals surface area contributed by atoms with Crippen molar-refractivity contribution in [1.29, 1.82) is 0 Å². The van der Waals surface area contributed by atoms with E-state index in [9.17, 15) is 14.5 Å². The molecular weight excluding hydrogens is 277 g/mol. The van der Waals surface area contributed by atoms with Gasteiger partial charge in [-0.3, -0.25) is 15.1 Å². The second kappa shape index (κ2) is 5.16. The maximum absolute atomic E-state index is 14.1. The van der Waals surface area contributed by atoms with E-state index in [4.69, 9.17) is 0 Å². The van der Waals surface area contributed by atoms with Gasteiger partial charge < -0.3 is 10.3 Å². The molecule has 0 spiro atoms. The van der Waals surface area contributed by atoms with Crippen molar-refractivity contribution >= 4 is 22.3 Å². The molecule has 106 valence electrons. The summed E-state index contributed by atoms with van der Waals surface area (Å²) in [5.41, 5.74) is 0.814. The Labute approximate surface area is 118 Å². The predicted molar refractivity (Wildman–Crippen MR) is 74.3 cm³/mol. The third-order valence-corrected chi connectivity index (χ3v) is 3.03. The predicted octanol–water partition coefficient (Wildman–Crippen LogP) is 2.62. The van der Waals surface area contributed by atoms with Gasteiger partial charge in [-0.25, -0.2) is 9.37 Å². The third kappa shape index (κ3) is 2.38. The quantitative estimate of drug-likeness (QED) is 0.568. The van der Waals surface area contributed by atoms with Crippen molar-refractivity contribution < 1.29 is 9.31 Å². The van der Waals surface area contributed by atoms with Gasteiger partial charge in [0.2, 0.25) is 0 Å². The number of benzene rings is 1. The molecule has 2 N–H and O–H groups in total. The summed E-state index contributed by atoms with van der Waals surface area (Å²) in [6.07, 6.45) is 4.58. The molecule has 0 aliphatic heterocycles. The number of hydrogen-bond acceptors (Lipinski definition) is 5. The lowest BCUT2D eigenvalue weighted by Gasteiger charge is -2.09. The van der Waals surface area contributed by atoms with Crippen LogP contribution in [-0.2, 0) is 6.54 Å². The van der Waals surface area contributed by atoms with Gasteiger partial charge in [0.25, 0.3) is 5.69 Å². The minimum absolute atomic E-state index is 0.130. The first kappa shape index (κ1) is 13.0. The maximum atomic E-state index is 14.1. The number of nitrogens with one attached hydrogen (secondary N) is 2. The Bertz CT molecular complexity index is 804. The van der Waals surface area contributed by atoms with Gasteiger partial charge in [-0.15, -0.1) is 0 Å². The molecular formula is C13H10FN5O2. The second-order valence-electron chi connectivity index (χ2n) is 4.34. The van der Waals surface area contributed by atoms with Gasteiger partial charge in [-0.1, -0.05) is 0 Å². The average molecular weight is 287 g/mol. The van der Waals surface area contributed by atoms with Gasteiger partial charge in [0.1, 0.15) is 5.52 Å². The third-order valence-electron chi connectivity index (χ3n) is 3.03. The minimum Gasteiger partial charge on any atom is -0.375 e. The smallest absolute Gasteiger partial charge is 0.281 e. The molecule has 3 aromatic rings. The largest absolute Gasteiger partial charge is 0.375 e. The van der Waals surface area contributed by atoms with Crippen LogP contribution in [0.1, 0.15) is 5.69 Å². The molecule has 0 saturated carbocycles. The number of nitro groups is 1. The van der Waals surface area contributed by atoms with E-state index in [1.165, 1.54) is 12.5 Å². The van der Waals surface area contributed by atoms with Crippen molar-refractivity contribution in [1.82, 2.24) is 15.0 Å². The van der Waals surface area contributed by atoms with Crippen LogP contribution >= 0.6 is 0 Å². The Morgan fingerprint density at radius 2 is 2.33 bits per heavy atom. The molecule has 21 heavy (non-hydrogen) atoms. The molecule has 0 aliphatic carbocycles. The first-order chi connectivity index (χ1) is 10.2. The number of aromatic amines is 1. The summed E-state index contributed by atoms with van der Waals surface area (Å²) in [5.74, 6) is -0.715.